The van der Waals surface area contributed by atoms with Crippen LogP contribution in [0.1, 0.15) is 32.3 Å². The van der Waals surface area contributed by atoms with Crippen molar-refractivity contribution >= 4 is 23.2 Å². The maximum absolute atomic E-state index is 12.8. The van der Waals surface area contributed by atoms with E-state index < -0.39 is 5.41 Å². The molecule has 0 aliphatic heterocycles. The second-order valence-electron chi connectivity index (χ2n) is 6.43. The molecule has 0 heterocycles. The first kappa shape index (κ1) is 18.0. The molecular formula is C21H24N2O3. The Morgan fingerprint density at radius 2 is 1.50 bits per heavy atom. The highest BCUT2D eigenvalue weighted by Crippen LogP contribution is 2.48. The van der Waals surface area contributed by atoms with E-state index in [0.717, 1.165) is 17.7 Å². The van der Waals surface area contributed by atoms with Crippen molar-refractivity contribution in [3.63, 3.8) is 0 Å². The van der Waals surface area contributed by atoms with Crippen LogP contribution in [0.25, 0.3) is 0 Å². The van der Waals surface area contributed by atoms with Gasteiger partial charge in [-0.15, -0.1) is 0 Å². The Bertz CT molecular complexity index is 812. The van der Waals surface area contributed by atoms with Gasteiger partial charge in [0.25, 0.3) is 0 Å². The van der Waals surface area contributed by atoms with Crippen molar-refractivity contribution in [2.75, 3.05) is 17.2 Å². The molecule has 0 unspecified atom stereocenters. The van der Waals surface area contributed by atoms with E-state index in [4.69, 9.17) is 4.74 Å². The van der Waals surface area contributed by atoms with E-state index in [2.05, 4.69) is 10.6 Å². The minimum absolute atomic E-state index is 0.246. The Morgan fingerprint density at radius 1 is 0.923 bits per heavy atom. The first-order chi connectivity index (χ1) is 12.6. The summed E-state index contributed by atoms with van der Waals surface area (Å²) in [5, 5.41) is 5.81. The zero-order valence-electron chi connectivity index (χ0n) is 15.2. The summed E-state index contributed by atoms with van der Waals surface area (Å²) >= 11 is 0. The molecule has 2 aromatic rings. The van der Waals surface area contributed by atoms with Gasteiger partial charge in [0.05, 0.1) is 12.3 Å². The fourth-order valence-electron chi connectivity index (χ4n) is 2.97. The van der Waals surface area contributed by atoms with E-state index in [-0.39, 0.29) is 11.8 Å². The van der Waals surface area contributed by atoms with Crippen LogP contribution in [0.15, 0.2) is 48.5 Å². The number of hydrogen-bond donors (Lipinski definition) is 2. The van der Waals surface area contributed by atoms with E-state index in [9.17, 15) is 9.59 Å². The highest BCUT2D eigenvalue weighted by atomic mass is 16.5. The Kier molecular flexibility index (Phi) is 5.26. The highest BCUT2D eigenvalue weighted by Gasteiger charge is 2.56. The lowest BCUT2D eigenvalue weighted by molar-refractivity contribution is -0.131. The fourth-order valence-corrected chi connectivity index (χ4v) is 2.97. The van der Waals surface area contributed by atoms with Gasteiger partial charge in [0.15, 0.2) is 0 Å². The molecular weight excluding hydrogens is 328 g/mol. The molecule has 2 aromatic carbocycles. The largest absolute Gasteiger partial charge is 0.492 e. The van der Waals surface area contributed by atoms with E-state index in [1.807, 2.05) is 50.2 Å². The third-order valence-electron chi connectivity index (χ3n) is 4.70. The fraction of sp³-hybridized carbons (Fsp3) is 0.333. The normalized spacial score (nSPS) is 14.4. The molecule has 136 valence electrons. The number of anilines is 2. The highest BCUT2D eigenvalue weighted by molar-refractivity contribution is 6.17. The number of ether oxygens (including phenoxy) is 1. The van der Waals surface area contributed by atoms with Crippen LogP contribution in [0.3, 0.4) is 0 Å². The summed E-state index contributed by atoms with van der Waals surface area (Å²) in [5.41, 5.74) is 1.42. The number of benzene rings is 2. The van der Waals surface area contributed by atoms with Gasteiger partial charge in [0.2, 0.25) is 11.8 Å². The van der Waals surface area contributed by atoms with Crippen molar-refractivity contribution in [1.82, 2.24) is 0 Å². The molecule has 1 fully saturated rings. The summed E-state index contributed by atoms with van der Waals surface area (Å²) in [5.74, 6) is 0.0804. The maximum atomic E-state index is 12.8. The Hall–Kier alpha value is -2.82. The summed E-state index contributed by atoms with van der Waals surface area (Å²) in [4.78, 5) is 25.6. The number of nitrogens with one attached hydrogen (secondary N) is 2. The van der Waals surface area contributed by atoms with Crippen LogP contribution in [0.5, 0.6) is 5.75 Å². The summed E-state index contributed by atoms with van der Waals surface area (Å²) < 4.78 is 5.54. The topological polar surface area (TPSA) is 67.4 Å². The number of carbonyl (C=O) groups excluding carboxylic acids is 2. The molecule has 1 aliphatic rings. The van der Waals surface area contributed by atoms with Crippen molar-refractivity contribution in [1.29, 1.82) is 0 Å². The van der Waals surface area contributed by atoms with Gasteiger partial charge in [-0.05, 0) is 49.9 Å². The first-order valence-corrected chi connectivity index (χ1v) is 9.03. The average molecular weight is 352 g/mol. The smallest absolute Gasteiger partial charge is 0.240 e. The van der Waals surface area contributed by atoms with Gasteiger partial charge in [-0.25, -0.2) is 0 Å². The first-order valence-electron chi connectivity index (χ1n) is 9.03. The number of aryl methyl sites for hydroxylation is 1. The summed E-state index contributed by atoms with van der Waals surface area (Å²) in [6.45, 7) is 4.43. The molecule has 3 rings (SSSR count). The van der Waals surface area contributed by atoms with Gasteiger partial charge in [-0.1, -0.05) is 37.3 Å². The second kappa shape index (κ2) is 7.60. The number of hydrogen-bond acceptors (Lipinski definition) is 3. The number of rotatable bonds is 7. The summed E-state index contributed by atoms with van der Waals surface area (Å²) in [6, 6.07) is 14.9. The molecule has 2 N–H and O–H groups in total. The third-order valence-corrected chi connectivity index (χ3v) is 4.70. The quantitative estimate of drug-likeness (QED) is 0.740. The monoisotopic (exact) mass is 352 g/mol. The van der Waals surface area contributed by atoms with Crippen molar-refractivity contribution in [3.05, 3.63) is 54.1 Å². The summed E-state index contributed by atoms with van der Waals surface area (Å²) in [6.07, 6.45) is 1.92. The van der Waals surface area contributed by atoms with Crippen LogP contribution >= 0.6 is 0 Å². The van der Waals surface area contributed by atoms with Crippen molar-refractivity contribution < 1.29 is 14.3 Å². The zero-order valence-corrected chi connectivity index (χ0v) is 15.2. The molecule has 0 spiro atoms. The van der Waals surface area contributed by atoms with Crippen LogP contribution in [-0.2, 0) is 16.0 Å². The van der Waals surface area contributed by atoms with E-state index >= 15 is 0 Å². The number of amides is 2. The Morgan fingerprint density at radius 3 is 2.12 bits per heavy atom. The third kappa shape index (κ3) is 3.57. The predicted octanol–water partition coefficient (Wildman–Crippen LogP) is 4.01. The lowest BCUT2D eigenvalue weighted by Crippen LogP contribution is -2.36. The van der Waals surface area contributed by atoms with Crippen LogP contribution in [0, 0.1) is 5.41 Å². The lowest BCUT2D eigenvalue weighted by atomic mass is 10.0. The van der Waals surface area contributed by atoms with Crippen LogP contribution in [-0.4, -0.2) is 18.4 Å². The maximum Gasteiger partial charge on any atom is 0.240 e. The van der Waals surface area contributed by atoms with Gasteiger partial charge in [-0.2, -0.15) is 0 Å². The van der Waals surface area contributed by atoms with Crippen molar-refractivity contribution in [2.24, 2.45) is 5.41 Å². The van der Waals surface area contributed by atoms with Gasteiger partial charge in [0, 0.05) is 5.69 Å². The van der Waals surface area contributed by atoms with Crippen LogP contribution in [0.4, 0.5) is 11.4 Å². The van der Waals surface area contributed by atoms with E-state index in [0.29, 0.717) is 30.9 Å². The standard InChI is InChI=1S/C21H24N2O3/c1-3-15-9-5-6-10-16(15)22-19(24)21(13-14-21)20(25)23-17-11-7-8-12-18(17)26-4-2/h5-12H,3-4,13-14H2,1-2H3,(H,22,24)(H,23,25). The van der Waals surface area contributed by atoms with Crippen molar-refractivity contribution in [2.45, 2.75) is 33.1 Å². The minimum Gasteiger partial charge on any atom is -0.492 e. The SMILES string of the molecule is CCOc1ccccc1NC(=O)C1(C(=O)Nc2ccccc2CC)CC1. The molecule has 0 bridgehead atoms. The van der Waals surface area contributed by atoms with Gasteiger partial charge in [-0.3, -0.25) is 9.59 Å². The molecule has 26 heavy (non-hydrogen) atoms. The Balaban J connectivity index is 1.74. The molecule has 2 amide bonds. The Labute approximate surface area is 153 Å². The van der Waals surface area contributed by atoms with Gasteiger partial charge in [0.1, 0.15) is 11.2 Å². The average Bonchev–Trinajstić information content (AvgIpc) is 3.46. The predicted molar refractivity (Wildman–Crippen MR) is 102 cm³/mol. The molecule has 1 saturated carbocycles. The van der Waals surface area contributed by atoms with E-state index in [1.165, 1.54) is 0 Å². The van der Waals surface area contributed by atoms with Gasteiger partial charge < -0.3 is 15.4 Å². The van der Waals surface area contributed by atoms with E-state index in [1.54, 1.807) is 12.1 Å². The number of para-hydroxylation sites is 3. The molecule has 0 atom stereocenters. The molecule has 0 saturated heterocycles. The zero-order chi connectivity index (χ0) is 18.6. The molecule has 0 radical (unpaired) electrons. The van der Waals surface area contributed by atoms with Crippen LogP contribution in [0.2, 0.25) is 0 Å². The molecule has 1 aliphatic carbocycles. The number of carbonyl (C=O) groups is 2. The molecule has 0 aromatic heterocycles. The van der Waals surface area contributed by atoms with Crippen molar-refractivity contribution in [3.8, 4) is 5.75 Å². The summed E-state index contributed by atoms with van der Waals surface area (Å²) in [7, 11) is 0. The molecule has 5 nitrogen and oxygen atoms in total. The minimum atomic E-state index is -1.000. The molecule has 5 heteroatoms. The lowest BCUT2D eigenvalue weighted by Gasteiger charge is -2.18. The van der Waals surface area contributed by atoms with Gasteiger partial charge >= 0.3 is 0 Å². The van der Waals surface area contributed by atoms with Crippen LogP contribution < -0.4 is 15.4 Å². The second-order valence-corrected chi connectivity index (χ2v) is 6.43.